The highest BCUT2D eigenvalue weighted by atomic mass is 16.5. The Labute approximate surface area is 103 Å². The van der Waals surface area contributed by atoms with Gasteiger partial charge in [0.05, 0.1) is 13.7 Å². The van der Waals surface area contributed by atoms with Crippen LogP contribution in [-0.2, 0) is 9.53 Å². The number of amides is 1. The highest BCUT2D eigenvalue weighted by molar-refractivity contribution is 6.00. The number of H-pyrrole nitrogens is 1. The van der Waals surface area contributed by atoms with Crippen molar-refractivity contribution in [3.05, 3.63) is 23.5 Å². The van der Waals surface area contributed by atoms with Gasteiger partial charge in [-0.05, 0) is 13.0 Å². The summed E-state index contributed by atoms with van der Waals surface area (Å²) in [5.74, 6) is -1.53. The topological polar surface area (TPSA) is 108 Å². The fourth-order valence-electron chi connectivity index (χ4n) is 1.29. The molecule has 7 nitrogen and oxygen atoms in total. The van der Waals surface area contributed by atoms with Crippen molar-refractivity contribution in [2.75, 3.05) is 13.7 Å². The Kier molecular flexibility index (Phi) is 4.61. The summed E-state index contributed by atoms with van der Waals surface area (Å²) in [6.45, 7) is 0.800. The Morgan fingerprint density at radius 2 is 2.17 bits per heavy atom. The van der Waals surface area contributed by atoms with E-state index in [1.807, 2.05) is 0 Å². The molecule has 0 spiro atoms. The van der Waals surface area contributed by atoms with E-state index < -0.39 is 24.5 Å². The van der Waals surface area contributed by atoms with Crippen molar-refractivity contribution in [1.29, 1.82) is 0 Å². The fourth-order valence-corrected chi connectivity index (χ4v) is 1.29. The first-order chi connectivity index (χ1) is 8.49. The van der Waals surface area contributed by atoms with E-state index in [1.165, 1.54) is 19.2 Å². The molecule has 0 aliphatic heterocycles. The predicted molar refractivity (Wildman–Crippen MR) is 61.2 cm³/mol. The summed E-state index contributed by atoms with van der Waals surface area (Å²) in [6, 6.07) is 0.232. The van der Waals surface area contributed by atoms with E-state index in [1.54, 1.807) is 0 Å². The third kappa shape index (κ3) is 3.17. The van der Waals surface area contributed by atoms with Crippen LogP contribution in [-0.4, -0.2) is 47.5 Å². The summed E-state index contributed by atoms with van der Waals surface area (Å²) >= 11 is 0. The number of ether oxygens (including phenoxy) is 1. The minimum Gasteiger partial charge on any atom is -0.467 e. The van der Waals surface area contributed by atoms with E-state index in [0.717, 1.165) is 7.11 Å². The molecule has 0 radical (unpaired) electrons. The lowest BCUT2D eigenvalue weighted by Crippen LogP contribution is -2.44. The van der Waals surface area contributed by atoms with Gasteiger partial charge < -0.3 is 20.1 Å². The Bertz CT molecular complexity index is 466. The van der Waals surface area contributed by atoms with Gasteiger partial charge >= 0.3 is 5.97 Å². The molecule has 0 fully saturated rings. The molecule has 0 saturated heterocycles. The summed E-state index contributed by atoms with van der Waals surface area (Å²) in [7, 11) is 1.15. The Balaban J connectivity index is 2.74. The average molecular weight is 254 g/mol. The smallest absolute Gasteiger partial charge is 0.330 e. The van der Waals surface area contributed by atoms with E-state index in [4.69, 9.17) is 5.11 Å². The third-order valence-electron chi connectivity index (χ3n) is 2.31. The molecule has 1 heterocycles. The number of hydrogen-bond donors (Lipinski definition) is 3. The van der Waals surface area contributed by atoms with Gasteiger partial charge in [0.15, 0.2) is 11.8 Å². The maximum Gasteiger partial charge on any atom is 0.330 e. The highest BCUT2D eigenvalue weighted by Gasteiger charge is 2.22. The largest absolute Gasteiger partial charge is 0.467 e. The van der Waals surface area contributed by atoms with Gasteiger partial charge in [-0.3, -0.25) is 9.59 Å². The highest BCUT2D eigenvalue weighted by Crippen LogP contribution is 2.04. The van der Waals surface area contributed by atoms with Gasteiger partial charge in [0.2, 0.25) is 0 Å². The minimum atomic E-state index is -1.13. The van der Waals surface area contributed by atoms with Gasteiger partial charge in [0.1, 0.15) is 5.69 Å². The van der Waals surface area contributed by atoms with Crippen LogP contribution < -0.4 is 5.32 Å². The number of rotatable bonds is 5. The lowest BCUT2D eigenvalue weighted by molar-refractivity contribution is -0.143. The molecule has 0 saturated carbocycles. The summed E-state index contributed by atoms with van der Waals surface area (Å²) in [4.78, 5) is 36.5. The molecule has 1 unspecified atom stereocenters. The van der Waals surface area contributed by atoms with Gasteiger partial charge in [-0.15, -0.1) is 0 Å². The van der Waals surface area contributed by atoms with Crippen molar-refractivity contribution in [1.82, 2.24) is 10.3 Å². The molecule has 18 heavy (non-hydrogen) atoms. The van der Waals surface area contributed by atoms with Crippen LogP contribution in [0.4, 0.5) is 0 Å². The van der Waals surface area contributed by atoms with Crippen LogP contribution in [0, 0.1) is 0 Å². The number of aromatic amines is 1. The van der Waals surface area contributed by atoms with Crippen molar-refractivity contribution in [3.8, 4) is 0 Å². The zero-order valence-corrected chi connectivity index (χ0v) is 10.0. The van der Waals surface area contributed by atoms with E-state index in [2.05, 4.69) is 15.0 Å². The number of nitrogens with one attached hydrogen (secondary N) is 2. The van der Waals surface area contributed by atoms with Crippen LogP contribution in [0.15, 0.2) is 12.3 Å². The van der Waals surface area contributed by atoms with Crippen LogP contribution in [0.2, 0.25) is 0 Å². The predicted octanol–water partition coefficient (Wildman–Crippen LogP) is -0.519. The molecule has 0 bridgehead atoms. The molecule has 7 heteroatoms. The monoisotopic (exact) mass is 254 g/mol. The van der Waals surface area contributed by atoms with Crippen molar-refractivity contribution in [2.24, 2.45) is 0 Å². The first-order valence-electron chi connectivity index (χ1n) is 5.18. The number of esters is 1. The van der Waals surface area contributed by atoms with Crippen LogP contribution in [0.1, 0.15) is 27.8 Å². The Morgan fingerprint density at radius 1 is 1.50 bits per heavy atom. The molecule has 1 rings (SSSR count). The normalized spacial score (nSPS) is 11.7. The Hall–Kier alpha value is -2.15. The molecule has 98 valence electrons. The molecule has 1 aromatic heterocycles. The quantitative estimate of drug-likeness (QED) is 0.484. The number of aromatic nitrogens is 1. The number of Topliss-reactive ketones (excluding diaryl/α,β-unsaturated/α-hetero) is 1. The summed E-state index contributed by atoms with van der Waals surface area (Å²) in [6.07, 6.45) is 1.39. The molecule has 1 atom stereocenters. The van der Waals surface area contributed by atoms with E-state index in [-0.39, 0.29) is 11.5 Å². The summed E-state index contributed by atoms with van der Waals surface area (Å²) in [5.41, 5.74) is 0.487. The average Bonchev–Trinajstić information content (AvgIpc) is 2.84. The van der Waals surface area contributed by atoms with Gasteiger partial charge in [-0.25, -0.2) is 4.79 Å². The minimum absolute atomic E-state index is 0.127. The van der Waals surface area contributed by atoms with E-state index >= 15 is 0 Å². The van der Waals surface area contributed by atoms with E-state index in [9.17, 15) is 14.4 Å². The standard InChI is InChI=1S/C11H14N2O5/c1-6(15)7-3-8(12-4-7)10(16)13-9(5-14)11(17)18-2/h3-4,9,12,14H,5H2,1-2H3,(H,13,16). The second kappa shape index (κ2) is 5.97. The lowest BCUT2D eigenvalue weighted by Gasteiger charge is -2.12. The molecule has 0 aromatic carbocycles. The number of methoxy groups -OCH3 is 1. The number of carbonyl (C=O) groups is 3. The van der Waals surface area contributed by atoms with Gasteiger partial charge in [0, 0.05) is 11.8 Å². The van der Waals surface area contributed by atoms with Crippen LogP contribution >= 0.6 is 0 Å². The maximum absolute atomic E-state index is 11.7. The second-order valence-corrected chi connectivity index (χ2v) is 3.59. The summed E-state index contributed by atoms with van der Waals surface area (Å²) in [5, 5.41) is 11.2. The first-order valence-corrected chi connectivity index (χ1v) is 5.18. The molecular weight excluding hydrogens is 240 g/mol. The van der Waals surface area contributed by atoms with Gasteiger partial charge in [-0.1, -0.05) is 0 Å². The number of carbonyl (C=O) groups excluding carboxylic acids is 3. The van der Waals surface area contributed by atoms with Gasteiger partial charge in [0.25, 0.3) is 5.91 Å². The lowest BCUT2D eigenvalue weighted by atomic mass is 10.2. The van der Waals surface area contributed by atoms with Gasteiger partial charge in [-0.2, -0.15) is 0 Å². The molecule has 0 aliphatic rings. The number of aliphatic hydroxyl groups excluding tert-OH is 1. The third-order valence-corrected chi connectivity index (χ3v) is 2.31. The molecular formula is C11H14N2O5. The summed E-state index contributed by atoms with van der Waals surface area (Å²) < 4.78 is 4.41. The molecule has 0 aliphatic carbocycles. The van der Waals surface area contributed by atoms with Crippen LogP contribution in [0.5, 0.6) is 0 Å². The zero-order chi connectivity index (χ0) is 13.7. The second-order valence-electron chi connectivity index (χ2n) is 3.59. The first kappa shape index (κ1) is 13.9. The van der Waals surface area contributed by atoms with Crippen LogP contribution in [0.25, 0.3) is 0 Å². The maximum atomic E-state index is 11.7. The molecule has 3 N–H and O–H groups in total. The van der Waals surface area contributed by atoms with Crippen LogP contribution in [0.3, 0.4) is 0 Å². The zero-order valence-electron chi connectivity index (χ0n) is 10.0. The van der Waals surface area contributed by atoms with Crippen molar-refractivity contribution < 1.29 is 24.2 Å². The molecule has 1 aromatic rings. The SMILES string of the molecule is COC(=O)C(CO)NC(=O)c1cc(C(C)=O)c[nH]1. The molecule has 1 amide bonds. The van der Waals surface area contributed by atoms with E-state index in [0.29, 0.717) is 5.56 Å². The number of aliphatic hydroxyl groups is 1. The fraction of sp³-hybridized carbons (Fsp3) is 0.364. The van der Waals surface area contributed by atoms with Crippen molar-refractivity contribution in [3.63, 3.8) is 0 Å². The number of ketones is 1. The van der Waals surface area contributed by atoms with Crippen molar-refractivity contribution >= 4 is 17.7 Å². The Morgan fingerprint density at radius 3 is 2.61 bits per heavy atom. The van der Waals surface area contributed by atoms with Crippen molar-refractivity contribution in [2.45, 2.75) is 13.0 Å². The number of hydrogen-bond acceptors (Lipinski definition) is 5.